The Bertz CT molecular complexity index is 1160. The number of nitrogens with zero attached hydrogens (tertiary/aromatic N) is 4. The zero-order valence-electron chi connectivity index (χ0n) is 18.4. The van der Waals surface area contributed by atoms with E-state index < -0.39 is 0 Å². The van der Waals surface area contributed by atoms with Gasteiger partial charge in [0.1, 0.15) is 24.6 Å². The average Bonchev–Trinajstić information content (AvgIpc) is 2.69. The molecule has 0 amide bonds. The molecule has 31 heavy (non-hydrogen) atoms. The lowest BCUT2D eigenvalue weighted by Gasteiger charge is -2.23. The van der Waals surface area contributed by atoms with E-state index in [4.69, 9.17) is 4.84 Å². The smallest absolute Gasteiger partial charge is 0.262 e. The Morgan fingerprint density at radius 2 is 2.03 bits per heavy atom. The molecule has 9 heteroatoms. The number of anilines is 3. The van der Waals surface area contributed by atoms with Crippen LogP contribution in [0.2, 0.25) is 0 Å². The van der Waals surface area contributed by atoms with Gasteiger partial charge in [-0.25, -0.2) is 9.97 Å². The molecule has 0 aliphatic rings. The Balaban J connectivity index is 2.08. The summed E-state index contributed by atoms with van der Waals surface area (Å²) in [6.07, 6.45) is 3.35. The number of aliphatic hydroxyl groups excluding tert-OH is 1. The van der Waals surface area contributed by atoms with E-state index in [2.05, 4.69) is 25.8 Å². The first kappa shape index (κ1) is 22.2. The Morgan fingerprint density at radius 1 is 1.26 bits per heavy atom. The van der Waals surface area contributed by atoms with Crippen molar-refractivity contribution in [3.63, 3.8) is 0 Å². The van der Waals surface area contributed by atoms with Crippen LogP contribution in [0, 0.1) is 0 Å². The van der Waals surface area contributed by atoms with E-state index >= 15 is 0 Å². The van der Waals surface area contributed by atoms with Crippen molar-refractivity contribution in [2.75, 3.05) is 24.4 Å². The van der Waals surface area contributed by atoms with Crippen molar-refractivity contribution in [3.8, 4) is 0 Å². The van der Waals surface area contributed by atoms with Crippen LogP contribution in [-0.2, 0) is 11.4 Å². The molecule has 0 saturated carbocycles. The first-order valence-corrected chi connectivity index (χ1v) is 9.96. The van der Waals surface area contributed by atoms with E-state index in [0.717, 1.165) is 16.7 Å². The molecule has 0 radical (unpaired) electrons. The second kappa shape index (κ2) is 9.13. The summed E-state index contributed by atoms with van der Waals surface area (Å²) in [6, 6.07) is 7.33. The number of rotatable bonds is 7. The molecule has 0 aliphatic heterocycles. The van der Waals surface area contributed by atoms with Crippen molar-refractivity contribution in [1.29, 1.82) is 0 Å². The molecule has 164 valence electrons. The van der Waals surface area contributed by atoms with Crippen molar-refractivity contribution in [1.82, 2.24) is 14.5 Å². The molecule has 3 heterocycles. The maximum Gasteiger partial charge on any atom is 0.262 e. The molecular formula is C22H28N6O3. The lowest BCUT2D eigenvalue weighted by molar-refractivity contribution is 0.213. The van der Waals surface area contributed by atoms with Gasteiger partial charge in [0.05, 0.1) is 17.7 Å². The molecule has 3 N–H and O–H groups in total. The number of fused-ring (bicyclic) bond motifs is 1. The molecule has 0 fully saturated rings. The Hall–Kier alpha value is -3.46. The minimum absolute atomic E-state index is 0.117. The molecule has 0 saturated heterocycles. The van der Waals surface area contributed by atoms with Crippen LogP contribution in [-0.4, -0.2) is 44.6 Å². The van der Waals surface area contributed by atoms with Gasteiger partial charge in [-0.15, -0.1) is 0 Å². The fourth-order valence-corrected chi connectivity index (χ4v) is 3.14. The summed E-state index contributed by atoms with van der Waals surface area (Å²) in [7, 11) is 1.50. The number of hydrogen-bond acceptors (Lipinski definition) is 8. The number of oxime groups is 1. The standard InChI is InChI=1S/C22H28N6O3/c1-14(27-31-5)15-6-8-23-17(12-15)24-18-13-16-7-9-28(10-11-29)21(30)19(16)20(25-18)26-22(2,3)4/h6-9,12-13,29H,10-11H2,1-5H3,(H2,23,24,25,26)/b27-14+. The van der Waals surface area contributed by atoms with Crippen LogP contribution in [0.25, 0.3) is 10.8 Å². The van der Waals surface area contributed by atoms with E-state index in [1.807, 2.05) is 45.9 Å². The molecule has 0 aliphatic carbocycles. The number of hydrogen-bond donors (Lipinski definition) is 3. The highest BCUT2D eigenvalue weighted by molar-refractivity contribution is 5.99. The Morgan fingerprint density at radius 3 is 2.71 bits per heavy atom. The number of aliphatic hydroxyl groups is 1. The molecule has 0 bridgehead atoms. The van der Waals surface area contributed by atoms with Crippen LogP contribution in [0.3, 0.4) is 0 Å². The Labute approximate surface area is 180 Å². The molecule has 9 nitrogen and oxygen atoms in total. The summed E-state index contributed by atoms with van der Waals surface area (Å²) in [4.78, 5) is 26.9. The zero-order valence-corrected chi connectivity index (χ0v) is 18.4. The molecular weight excluding hydrogens is 396 g/mol. The van der Waals surface area contributed by atoms with E-state index in [-0.39, 0.29) is 24.2 Å². The van der Waals surface area contributed by atoms with Crippen molar-refractivity contribution in [3.05, 3.63) is 52.6 Å². The summed E-state index contributed by atoms with van der Waals surface area (Å²) < 4.78 is 1.48. The van der Waals surface area contributed by atoms with Crippen molar-refractivity contribution in [2.45, 2.75) is 39.8 Å². The van der Waals surface area contributed by atoms with Gasteiger partial charge in [0, 0.05) is 30.0 Å². The van der Waals surface area contributed by atoms with Crippen LogP contribution in [0.15, 0.2) is 46.6 Å². The fourth-order valence-electron chi connectivity index (χ4n) is 3.14. The van der Waals surface area contributed by atoms with Crippen LogP contribution >= 0.6 is 0 Å². The highest BCUT2D eigenvalue weighted by atomic mass is 16.6. The molecule has 0 aromatic carbocycles. The monoisotopic (exact) mass is 424 g/mol. The topological polar surface area (TPSA) is 114 Å². The maximum atomic E-state index is 13.0. The van der Waals surface area contributed by atoms with Gasteiger partial charge in [0.2, 0.25) is 0 Å². The number of aromatic nitrogens is 3. The summed E-state index contributed by atoms with van der Waals surface area (Å²) in [5.41, 5.74) is 1.07. The molecule has 3 aromatic heterocycles. The van der Waals surface area contributed by atoms with Crippen molar-refractivity contribution >= 4 is 33.9 Å². The lowest BCUT2D eigenvalue weighted by Crippen LogP contribution is -2.29. The lowest BCUT2D eigenvalue weighted by atomic mass is 10.1. The number of pyridine rings is 3. The second-order valence-electron chi connectivity index (χ2n) is 8.15. The third kappa shape index (κ3) is 5.37. The summed E-state index contributed by atoms with van der Waals surface area (Å²) in [5.74, 6) is 1.60. The van der Waals surface area contributed by atoms with Gasteiger partial charge in [-0.3, -0.25) is 4.79 Å². The van der Waals surface area contributed by atoms with E-state index in [0.29, 0.717) is 22.8 Å². The van der Waals surface area contributed by atoms with E-state index in [9.17, 15) is 9.90 Å². The minimum Gasteiger partial charge on any atom is -0.399 e. The second-order valence-corrected chi connectivity index (χ2v) is 8.15. The van der Waals surface area contributed by atoms with Gasteiger partial charge in [-0.2, -0.15) is 0 Å². The fraction of sp³-hybridized carbons (Fsp3) is 0.364. The first-order chi connectivity index (χ1) is 14.7. The third-order valence-electron chi connectivity index (χ3n) is 4.46. The van der Waals surface area contributed by atoms with Gasteiger partial charge >= 0.3 is 0 Å². The number of nitrogens with one attached hydrogen (secondary N) is 2. The first-order valence-electron chi connectivity index (χ1n) is 9.96. The summed E-state index contributed by atoms with van der Waals surface area (Å²) >= 11 is 0. The average molecular weight is 425 g/mol. The van der Waals surface area contributed by atoms with Gasteiger partial charge in [-0.1, -0.05) is 5.16 Å². The molecule has 0 spiro atoms. The molecule has 0 atom stereocenters. The minimum atomic E-state index is -0.311. The van der Waals surface area contributed by atoms with Crippen LogP contribution in [0.5, 0.6) is 0 Å². The van der Waals surface area contributed by atoms with Crippen LogP contribution < -0.4 is 16.2 Å². The van der Waals surface area contributed by atoms with Gasteiger partial charge in [0.15, 0.2) is 0 Å². The predicted molar refractivity (Wildman–Crippen MR) is 123 cm³/mol. The zero-order chi connectivity index (χ0) is 22.6. The van der Waals surface area contributed by atoms with Gasteiger partial charge in [0.25, 0.3) is 5.56 Å². The van der Waals surface area contributed by atoms with Crippen molar-refractivity contribution in [2.24, 2.45) is 5.16 Å². The van der Waals surface area contributed by atoms with E-state index in [1.165, 1.54) is 11.7 Å². The Kier molecular flexibility index (Phi) is 6.55. The van der Waals surface area contributed by atoms with Gasteiger partial charge in [-0.05, 0) is 57.3 Å². The molecule has 0 unspecified atom stereocenters. The van der Waals surface area contributed by atoms with Gasteiger partial charge < -0.3 is 25.1 Å². The quantitative estimate of drug-likeness (QED) is 0.394. The SMILES string of the molecule is CO/N=C(\C)c1ccnc(Nc2cc3ccn(CCO)c(=O)c3c(NC(C)(C)C)n2)c1. The third-order valence-corrected chi connectivity index (χ3v) is 4.46. The van der Waals surface area contributed by atoms with Crippen LogP contribution in [0.1, 0.15) is 33.3 Å². The molecule has 3 aromatic rings. The molecule has 3 rings (SSSR count). The summed E-state index contributed by atoms with van der Waals surface area (Å²) in [6.45, 7) is 7.95. The van der Waals surface area contributed by atoms with Crippen LogP contribution in [0.4, 0.5) is 17.5 Å². The van der Waals surface area contributed by atoms with E-state index in [1.54, 1.807) is 18.5 Å². The predicted octanol–water partition coefficient (Wildman–Crippen LogP) is 3.11. The normalized spacial score (nSPS) is 12.1. The summed E-state index contributed by atoms with van der Waals surface area (Å²) in [5, 5.41) is 20.9. The van der Waals surface area contributed by atoms with Crippen molar-refractivity contribution < 1.29 is 9.94 Å². The highest BCUT2D eigenvalue weighted by Gasteiger charge is 2.17. The largest absolute Gasteiger partial charge is 0.399 e. The highest BCUT2D eigenvalue weighted by Crippen LogP contribution is 2.26. The maximum absolute atomic E-state index is 13.0.